The van der Waals surface area contributed by atoms with E-state index in [1.807, 2.05) is 0 Å². The summed E-state index contributed by atoms with van der Waals surface area (Å²) in [6.45, 7) is 0. The van der Waals surface area contributed by atoms with Crippen LogP contribution in [-0.2, 0) is 0 Å². The van der Waals surface area contributed by atoms with Crippen molar-refractivity contribution in [3.63, 3.8) is 0 Å². The normalized spacial score (nSPS) is 11.2. The molecule has 0 aromatic heterocycles. The Balaban J connectivity index is 1.10. The first-order chi connectivity index (χ1) is 28.3. The molecule has 0 heterocycles. The van der Waals surface area contributed by atoms with Crippen LogP contribution in [0.2, 0.25) is 0 Å². The van der Waals surface area contributed by atoms with E-state index in [0.29, 0.717) is 0 Å². The molecule has 57 heavy (non-hydrogen) atoms. The molecule has 0 saturated carbocycles. The zero-order valence-corrected chi connectivity index (χ0v) is 31.5. The number of hydrogen-bond donors (Lipinski definition) is 0. The van der Waals surface area contributed by atoms with Gasteiger partial charge in [0, 0.05) is 17.1 Å². The summed E-state index contributed by atoms with van der Waals surface area (Å²) in [6.07, 6.45) is 0. The largest absolute Gasteiger partial charge is 0.311 e. The zero-order valence-electron chi connectivity index (χ0n) is 31.5. The first-order valence-electron chi connectivity index (χ1n) is 19.6. The van der Waals surface area contributed by atoms with Gasteiger partial charge in [-0.2, -0.15) is 0 Å². The van der Waals surface area contributed by atoms with Crippen LogP contribution in [0.4, 0.5) is 17.1 Å². The molecule has 0 unspecified atom stereocenters. The lowest BCUT2D eigenvalue weighted by molar-refractivity contribution is 1.28. The van der Waals surface area contributed by atoms with Gasteiger partial charge in [-0.3, -0.25) is 0 Å². The van der Waals surface area contributed by atoms with E-state index in [1.54, 1.807) is 0 Å². The van der Waals surface area contributed by atoms with Crippen molar-refractivity contribution in [2.24, 2.45) is 0 Å². The highest BCUT2D eigenvalue weighted by Gasteiger charge is 2.17. The standard InChI is InChI=1S/C56H39N/c1-3-13-40(14-4-1)42-25-32-48(33-26-42)57(49-34-27-43(28-35-49)41-15-5-2-6-16-41)50-36-29-46(30-37-50)56-39-47(53-23-11-19-44-17-7-9-21-51(44)53)31-38-55(56)54-24-12-20-45-18-8-10-22-52(45)54/h1-39H. The molecule has 0 aliphatic carbocycles. The second kappa shape index (κ2) is 15.0. The van der Waals surface area contributed by atoms with Crippen LogP contribution in [0.15, 0.2) is 237 Å². The van der Waals surface area contributed by atoms with Crippen molar-refractivity contribution in [1.29, 1.82) is 0 Å². The second-order valence-electron chi connectivity index (χ2n) is 14.5. The van der Waals surface area contributed by atoms with Crippen molar-refractivity contribution in [2.75, 3.05) is 4.90 Å². The van der Waals surface area contributed by atoms with Gasteiger partial charge < -0.3 is 4.90 Å². The summed E-state index contributed by atoms with van der Waals surface area (Å²) in [5.74, 6) is 0. The third-order valence-corrected chi connectivity index (χ3v) is 11.1. The number of benzene rings is 10. The lowest BCUT2D eigenvalue weighted by Crippen LogP contribution is -2.09. The Hall–Kier alpha value is -7.48. The first-order valence-corrected chi connectivity index (χ1v) is 19.6. The van der Waals surface area contributed by atoms with Gasteiger partial charge in [0.1, 0.15) is 0 Å². The van der Waals surface area contributed by atoms with Gasteiger partial charge in [-0.15, -0.1) is 0 Å². The minimum absolute atomic E-state index is 1.09. The van der Waals surface area contributed by atoms with Gasteiger partial charge in [0.15, 0.2) is 0 Å². The average Bonchev–Trinajstić information content (AvgIpc) is 3.30. The van der Waals surface area contributed by atoms with Gasteiger partial charge in [0.2, 0.25) is 0 Å². The van der Waals surface area contributed by atoms with Gasteiger partial charge in [-0.05, 0) is 120 Å². The molecule has 0 aliphatic rings. The zero-order chi connectivity index (χ0) is 38.0. The van der Waals surface area contributed by atoms with Crippen LogP contribution < -0.4 is 4.90 Å². The molecular weight excluding hydrogens is 687 g/mol. The van der Waals surface area contributed by atoms with E-state index in [0.717, 1.165) is 17.1 Å². The summed E-state index contributed by atoms with van der Waals surface area (Å²) in [5, 5.41) is 4.99. The molecule has 0 atom stereocenters. The van der Waals surface area contributed by atoms with Crippen LogP contribution in [0.5, 0.6) is 0 Å². The van der Waals surface area contributed by atoms with Gasteiger partial charge in [-0.25, -0.2) is 0 Å². The van der Waals surface area contributed by atoms with Crippen molar-refractivity contribution in [3.05, 3.63) is 237 Å². The molecule has 10 aromatic carbocycles. The molecular formula is C56H39N. The SMILES string of the molecule is c1ccc(-c2ccc(N(c3ccc(-c4ccccc4)cc3)c3ccc(-c4cc(-c5cccc6ccccc56)ccc4-c4cccc5ccccc45)cc3)cc2)cc1. The van der Waals surface area contributed by atoms with Crippen molar-refractivity contribution < 1.29 is 0 Å². The van der Waals surface area contributed by atoms with Crippen LogP contribution in [0.3, 0.4) is 0 Å². The van der Waals surface area contributed by atoms with Crippen molar-refractivity contribution in [3.8, 4) is 55.6 Å². The third kappa shape index (κ3) is 6.66. The maximum atomic E-state index is 2.39. The number of rotatable bonds is 8. The summed E-state index contributed by atoms with van der Waals surface area (Å²) in [5.41, 5.74) is 15.4. The maximum Gasteiger partial charge on any atom is 0.0462 e. The van der Waals surface area contributed by atoms with Crippen molar-refractivity contribution in [1.82, 2.24) is 0 Å². The molecule has 0 saturated heterocycles. The quantitative estimate of drug-likeness (QED) is 0.151. The van der Waals surface area contributed by atoms with E-state index in [1.165, 1.54) is 77.2 Å². The lowest BCUT2D eigenvalue weighted by Gasteiger charge is -2.26. The van der Waals surface area contributed by atoms with Gasteiger partial charge in [0.05, 0.1) is 0 Å². The Labute approximate surface area is 334 Å². The Morgan fingerprint density at radius 2 is 0.596 bits per heavy atom. The third-order valence-electron chi connectivity index (χ3n) is 11.1. The summed E-state index contributed by atoms with van der Waals surface area (Å²) in [7, 11) is 0. The number of nitrogens with zero attached hydrogens (tertiary/aromatic N) is 1. The second-order valence-corrected chi connectivity index (χ2v) is 14.5. The molecule has 268 valence electrons. The van der Waals surface area contributed by atoms with Crippen LogP contribution in [-0.4, -0.2) is 0 Å². The van der Waals surface area contributed by atoms with E-state index in [4.69, 9.17) is 0 Å². The molecule has 1 nitrogen and oxygen atoms in total. The Bertz CT molecular complexity index is 2870. The van der Waals surface area contributed by atoms with Gasteiger partial charge >= 0.3 is 0 Å². The van der Waals surface area contributed by atoms with Gasteiger partial charge in [0.25, 0.3) is 0 Å². The van der Waals surface area contributed by atoms with E-state index in [-0.39, 0.29) is 0 Å². The summed E-state index contributed by atoms with van der Waals surface area (Å²) in [4.78, 5) is 2.35. The molecule has 0 spiro atoms. The molecule has 0 aliphatic heterocycles. The highest BCUT2D eigenvalue weighted by atomic mass is 15.1. The number of hydrogen-bond acceptors (Lipinski definition) is 1. The van der Waals surface area contributed by atoms with Crippen LogP contribution in [0, 0.1) is 0 Å². The monoisotopic (exact) mass is 725 g/mol. The van der Waals surface area contributed by atoms with E-state index >= 15 is 0 Å². The highest BCUT2D eigenvalue weighted by molar-refractivity contribution is 6.03. The van der Waals surface area contributed by atoms with E-state index in [2.05, 4.69) is 241 Å². The summed E-state index contributed by atoms with van der Waals surface area (Å²) in [6, 6.07) is 85.6. The molecule has 0 bridgehead atoms. The van der Waals surface area contributed by atoms with Gasteiger partial charge in [-0.1, -0.05) is 194 Å². The van der Waals surface area contributed by atoms with Crippen molar-refractivity contribution >= 4 is 38.6 Å². The Kier molecular flexibility index (Phi) is 8.95. The minimum Gasteiger partial charge on any atom is -0.311 e. The predicted molar refractivity (Wildman–Crippen MR) is 243 cm³/mol. The fraction of sp³-hybridized carbons (Fsp3) is 0. The fourth-order valence-corrected chi connectivity index (χ4v) is 8.23. The molecule has 0 fully saturated rings. The topological polar surface area (TPSA) is 3.24 Å². The van der Waals surface area contributed by atoms with E-state index < -0.39 is 0 Å². The average molecular weight is 726 g/mol. The number of anilines is 3. The van der Waals surface area contributed by atoms with Crippen LogP contribution in [0.25, 0.3) is 77.2 Å². The molecule has 10 rings (SSSR count). The van der Waals surface area contributed by atoms with Crippen molar-refractivity contribution in [2.45, 2.75) is 0 Å². The van der Waals surface area contributed by atoms with E-state index in [9.17, 15) is 0 Å². The minimum atomic E-state index is 1.09. The summed E-state index contributed by atoms with van der Waals surface area (Å²) < 4.78 is 0. The van der Waals surface area contributed by atoms with Crippen LogP contribution >= 0.6 is 0 Å². The number of fused-ring (bicyclic) bond motifs is 2. The Morgan fingerprint density at radius 3 is 1.12 bits per heavy atom. The highest BCUT2D eigenvalue weighted by Crippen LogP contribution is 2.42. The van der Waals surface area contributed by atoms with Crippen LogP contribution in [0.1, 0.15) is 0 Å². The molecule has 1 heteroatoms. The molecule has 0 amide bonds. The first kappa shape index (κ1) is 34.0. The maximum absolute atomic E-state index is 2.39. The predicted octanol–water partition coefficient (Wildman–Crippen LogP) is 15.8. The molecule has 0 N–H and O–H groups in total. The molecule has 0 radical (unpaired) electrons. The lowest BCUT2D eigenvalue weighted by atomic mass is 9.88. The fourth-order valence-electron chi connectivity index (χ4n) is 8.23. The molecule has 10 aromatic rings. The smallest absolute Gasteiger partial charge is 0.0462 e. The summed E-state index contributed by atoms with van der Waals surface area (Å²) >= 11 is 0. The Morgan fingerprint density at radius 1 is 0.211 bits per heavy atom.